The molecule has 2 aromatic rings. The molecule has 0 saturated carbocycles. The Morgan fingerprint density at radius 3 is 2.79 bits per heavy atom. The number of aliphatic hydroxyl groups excluding tert-OH is 1. The number of fused-ring (bicyclic) bond motifs is 1. The summed E-state index contributed by atoms with van der Waals surface area (Å²) in [5.41, 5.74) is 2.83. The van der Waals surface area contributed by atoms with Crippen LogP contribution in [0.15, 0.2) is 42.5 Å². The molecule has 0 bridgehead atoms. The lowest BCUT2D eigenvalue weighted by atomic mass is 9.94. The molecule has 98 valence electrons. The van der Waals surface area contributed by atoms with Crippen LogP contribution in [0.3, 0.4) is 0 Å². The first-order valence-corrected chi connectivity index (χ1v) is 6.37. The van der Waals surface area contributed by atoms with E-state index in [9.17, 15) is 10.2 Å². The lowest BCUT2D eigenvalue weighted by molar-refractivity contribution is 0.0655. The maximum atomic E-state index is 10.2. The van der Waals surface area contributed by atoms with E-state index >= 15 is 0 Å². The second kappa shape index (κ2) is 4.59. The van der Waals surface area contributed by atoms with Crippen molar-refractivity contribution in [3.63, 3.8) is 0 Å². The monoisotopic (exact) mass is 256 g/mol. The summed E-state index contributed by atoms with van der Waals surface area (Å²) in [5.74, 6) is 0.933. The van der Waals surface area contributed by atoms with Crippen molar-refractivity contribution in [2.24, 2.45) is 0 Å². The van der Waals surface area contributed by atoms with Gasteiger partial charge in [-0.25, -0.2) is 0 Å². The van der Waals surface area contributed by atoms with Gasteiger partial charge in [-0.1, -0.05) is 23.8 Å². The van der Waals surface area contributed by atoms with Gasteiger partial charge >= 0.3 is 0 Å². The third kappa shape index (κ3) is 2.29. The Hall–Kier alpha value is -2.00. The summed E-state index contributed by atoms with van der Waals surface area (Å²) in [5, 5.41) is 19.8. The van der Waals surface area contributed by atoms with E-state index in [0.717, 1.165) is 22.4 Å². The first kappa shape index (κ1) is 12.1. The fourth-order valence-electron chi connectivity index (χ4n) is 2.50. The van der Waals surface area contributed by atoms with Crippen molar-refractivity contribution >= 4 is 0 Å². The minimum atomic E-state index is -0.531. The molecule has 0 spiro atoms. The molecule has 2 atom stereocenters. The lowest BCUT2D eigenvalue weighted by Crippen LogP contribution is -2.19. The minimum Gasteiger partial charge on any atom is -0.508 e. The van der Waals surface area contributed by atoms with E-state index in [1.165, 1.54) is 0 Å². The van der Waals surface area contributed by atoms with E-state index in [1.54, 1.807) is 18.2 Å². The number of rotatable bonds is 1. The molecule has 0 aromatic heterocycles. The second-order valence-electron chi connectivity index (χ2n) is 4.99. The van der Waals surface area contributed by atoms with Crippen LogP contribution in [0.5, 0.6) is 11.5 Å². The summed E-state index contributed by atoms with van der Waals surface area (Å²) in [6, 6.07) is 12.8. The molecule has 0 radical (unpaired) electrons. The molecule has 2 N–H and O–H groups in total. The highest BCUT2D eigenvalue weighted by molar-refractivity contribution is 5.41. The van der Waals surface area contributed by atoms with Crippen molar-refractivity contribution in [1.82, 2.24) is 0 Å². The van der Waals surface area contributed by atoms with E-state index in [4.69, 9.17) is 4.74 Å². The largest absolute Gasteiger partial charge is 0.508 e. The molecule has 1 unspecified atom stereocenters. The van der Waals surface area contributed by atoms with Crippen molar-refractivity contribution in [3.05, 3.63) is 59.2 Å². The molecule has 0 saturated heterocycles. The van der Waals surface area contributed by atoms with Gasteiger partial charge in [0.15, 0.2) is 0 Å². The first-order valence-electron chi connectivity index (χ1n) is 6.37. The molecule has 3 rings (SSSR count). The summed E-state index contributed by atoms with van der Waals surface area (Å²) in [6.07, 6.45) is -0.256. The topological polar surface area (TPSA) is 49.7 Å². The fraction of sp³-hybridized carbons (Fsp3) is 0.250. The number of hydrogen-bond acceptors (Lipinski definition) is 3. The normalized spacial score (nSPS) is 21.6. The van der Waals surface area contributed by atoms with E-state index in [-0.39, 0.29) is 11.9 Å². The highest BCUT2D eigenvalue weighted by Crippen LogP contribution is 2.41. The Morgan fingerprint density at radius 2 is 2.00 bits per heavy atom. The molecule has 0 amide bonds. The molecule has 2 aromatic carbocycles. The molecular formula is C16H16O3. The van der Waals surface area contributed by atoms with Gasteiger partial charge in [-0.15, -0.1) is 0 Å². The Morgan fingerprint density at radius 1 is 1.16 bits per heavy atom. The number of aromatic hydroxyl groups is 1. The Labute approximate surface area is 112 Å². The molecule has 19 heavy (non-hydrogen) atoms. The zero-order valence-electron chi connectivity index (χ0n) is 10.7. The quantitative estimate of drug-likeness (QED) is 0.823. The SMILES string of the molecule is Cc1ccc2c(c1)[C@@H](O)CC(c1cccc(O)c1)O2. The second-order valence-corrected chi connectivity index (χ2v) is 4.99. The molecule has 1 heterocycles. The van der Waals surface area contributed by atoms with E-state index in [0.29, 0.717) is 6.42 Å². The summed E-state index contributed by atoms with van der Waals surface area (Å²) in [4.78, 5) is 0. The fourth-order valence-corrected chi connectivity index (χ4v) is 2.50. The van der Waals surface area contributed by atoms with Crippen LogP contribution in [-0.2, 0) is 0 Å². The van der Waals surface area contributed by atoms with Gasteiger partial charge in [0, 0.05) is 12.0 Å². The third-order valence-electron chi connectivity index (χ3n) is 3.47. The van der Waals surface area contributed by atoms with Gasteiger partial charge in [0.05, 0.1) is 6.10 Å². The van der Waals surface area contributed by atoms with Crippen LogP contribution < -0.4 is 4.74 Å². The smallest absolute Gasteiger partial charge is 0.127 e. The molecule has 0 aliphatic carbocycles. The molecule has 3 heteroatoms. The highest BCUT2D eigenvalue weighted by Gasteiger charge is 2.28. The molecule has 1 aliphatic heterocycles. The number of benzene rings is 2. The number of hydrogen-bond donors (Lipinski definition) is 2. The van der Waals surface area contributed by atoms with Crippen LogP contribution in [0.1, 0.15) is 35.3 Å². The predicted octanol–water partition coefficient (Wildman–Crippen LogP) is 3.26. The summed E-state index contributed by atoms with van der Waals surface area (Å²) in [7, 11) is 0. The van der Waals surface area contributed by atoms with Crippen molar-refractivity contribution in [2.75, 3.05) is 0 Å². The van der Waals surface area contributed by atoms with Gasteiger partial charge in [0.1, 0.15) is 17.6 Å². The van der Waals surface area contributed by atoms with E-state index < -0.39 is 6.10 Å². The predicted molar refractivity (Wildman–Crippen MR) is 72.2 cm³/mol. The van der Waals surface area contributed by atoms with Gasteiger partial charge in [-0.05, 0) is 36.8 Å². The first-order chi connectivity index (χ1) is 9.13. The number of aryl methyl sites for hydroxylation is 1. The van der Waals surface area contributed by atoms with Crippen molar-refractivity contribution < 1.29 is 14.9 Å². The zero-order valence-corrected chi connectivity index (χ0v) is 10.7. The van der Waals surface area contributed by atoms with Crippen LogP contribution in [0.4, 0.5) is 0 Å². The zero-order chi connectivity index (χ0) is 13.4. The van der Waals surface area contributed by atoms with Crippen LogP contribution in [0.2, 0.25) is 0 Å². The number of aliphatic hydroxyl groups is 1. The lowest BCUT2D eigenvalue weighted by Gasteiger charge is -2.30. The summed E-state index contributed by atoms with van der Waals surface area (Å²) >= 11 is 0. The maximum Gasteiger partial charge on any atom is 0.127 e. The van der Waals surface area contributed by atoms with Crippen molar-refractivity contribution in [1.29, 1.82) is 0 Å². The van der Waals surface area contributed by atoms with Crippen molar-refractivity contribution in [2.45, 2.75) is 25.6 Å². The third-order valence-corrected chi connectivity index (χ3v) is 3.47. The Bertz CT molecular complexity index is 607. The van der Waals surface area contributed by atoms with Crippen LogP contribution in [-0.4, -0.2) is 10.2 Å². The van der Waals surface area contributed by atoms with Crippen LogP contribution in [0, 0.1) is 6.92 Å². The van der Waals surface area contributed by atoms with Gasteiger partial charge in [-0.2, -0.15) is 0 Å². The van der Waals surface area contributed by atoms with E-state index in [1.807, 2.05) is 31.2 Å². The standard InChI is InChI=1S/C16H16O3/c1-10-5-6-15-13(7-10)14(18)9-16(19-15)11-3-2-4-12(17)8-11/h2-8,14,16-18H,9H2,1H3/t14-,16?/m0/s1. The average molecular weight is 256 g/mol. The number of phenolic OH excluding ortho intramolecular Hbond substituents is 1. The average Bonchev–Trinajstić information content (AvgIpc) is 2.39. The summed E-state index contributed by atoms with van der Waals surface area (Å²) < 4.78 is 5.93. The Kier molecular flexibility index (Phi) is 2.91. The molecule has 1 aliphatic rings. The van der Waals surface area contributed by atoms with Gasteiger partial charge < -0.3 is 14.9 Å². The molecular weight excluding hydrogens is 240 g/mol. The van der Waals surface area contributed by atoms with Gasteiger partial charge in [0.2, 0.25) is 0 Å². The van der Waals surface area contributed by atoms with Gasteiger partial charge in [0.25, 0.3) is 0 Å². The van der Waals surface area contributed by atoms with Gasteiger partial charge in [-0.3, -0.25) is 0 Å². The maximum absolute atomic E-state index is 10.2. The molecule has 0 fully saturated rings. The summed E-state index contributed by atoms with van der Waals surface area (Å²) in [6.45, 7) is 1.99. The Balaban J connectivity index is 1.95. The van der Waals surface area contributed by atoms with Crippen molar-refractivity contribution in [3.8, 4) is 11.5 Å². The van der Waals surface area contributed by atoms with Crippen LogP contribution >= 0.6 is 0 Å². The number of phenols is 1. The highest BCUT2D eigenvalue weighted by atomic mass is 16.5. The van der Waals surface area contributed by atoms with Crippen LogP contribution in [0.25, 0.3) is 0 Å². The number of ether oxygens (including phenoxy) is 1. The minimum absolute atomic E-state index is 0.213. The molecule has 3 nitrogen and oxygen atoms in total. The van der Waals surface area contributed by atoms with E-state index in [2.05, 4.69) is 0 Å².